The number of rotatable bonds is 6. The molecule has 156 valence electrons. The minimum Gasteiger partial charge on any atom is -0.449 e. The largest absolute Gasteiger partial charge is 0.488 e. The van der Waals surface area contributed by atoms with Gasteiger partial charge >= 0.3 is 21.7 Å². The smallest absolute Gasteiger partial charge is 0.449 e. The monoisotopic (exact) mass is 422 g/mol. The molecule has 0 saturated carbocycles. The third-order valence-corrected chi connectivity index (χ3v) is 5.49. The Morgan fingerprint density at radius 2 is 0.750 bits per heavy atom. The molecule has 4 aromatic rings. The Bertz CT molecular complexity index is 1120. The summed E-state index contributed by atoms with van der Waals surface area (Å²) < 4.78 is 0. The summed E-state index contributed by atoms with van der Waals surface area (Å²) in [5, 5.41) is 46.8. The first-order valence-electron chi connectivity index (χ1n) is 10.2. The van der Waals surface area contributed by atoms with Crippen LogP contribution in [0.25, 0.3) is 33.4 Å². The minimum atomic E-state index is -1.52. The van der Waals surface area contributed by atoms with E-state index in [0.717, 1.165) is 38.8 Å². The van der Waals surface area contributed by atoms with E-state index in [1.165, 1.54) is 0 Å². The van der Waals surface area contributed by atoms with E-state index in [9.17, 15) is 25.1 Å². The first kappa shape index (κ1) is 22.1. The highest BCUT2D eigenvalue weighted by atomic mass is 16.4. The summed E-state index contributed by atoms with van der Waals surface area (Å²) in [7, 11) is -3.05. The molecule has 0 aliphatic carbocycles. The van der Waals surface area contributed by atoms with Crippen molar-refractivity contribution in [3.63, 3.8) is 0 Å². The SMILES string of the molecule is OBc1ccc(-c2cc(-c3ccc(B(O)O)cc3)cc(-c3ccc(B(O)O)cc3)c2)cc1. The Morgan fingerprint density at radius 3 is 1.03 bits per heavy atom. The van der Waals surface area contributed by atoms with Crippen LogP contribution >= 0.6 is 0 Å². The molecule has 0 amide bonds. The van der Waals surface area contributed by atoms with Crippen LogP contribution in [0.5, 0.6) is 0 Å². The van der Waals surface area contributed by atoms with Crippen molar-refractivity contribution >= 4 is 38.1 Å². The summed E-state index contributed by atoms with van der Waals surface area (Å²) in [6.07, 6.45) is 0. The van der Waals surface area contributed by atoms with Crippen molar-refractivity contribution in [3.8, 4) is 33.4 Å². The second kappa shape index (κ2) is 9.57. The quantitative estimate of drug-likeness (QED) is 0.282. The lowest BCUT2D eigenvalue weighted by Gasteiger charge is -2.12. The molecule has 0 atom stereocenters. The number of benzene rings is 4. The zero-order chi connectivity index (χ0) is 22.7. The lowest BCUT2D eigenvalue weighted by molar-refractivity contribution is 0.424. The van der Waals surface area contributed by atoms with Crippen LogP contribution in [0.2, 0.25) is 0 Å². The Kier molecular flexibility index (Phi) is 6.60. The van der Waals surface area contributed by atoms with Crippen molar-refractivity contribution in [2.75, 3.05) is 0 Å². The van der Waals surface area contributed by atoms with Gasteiger partial charge in [0, 0.05) is 0 Å². The molecule has 8 heteroatoms. The second-order valence-electron chi connectivity index (χ2n) is 7.65. The summed E-state index contributed by atoms with van der Waals surface area (Å²) in [5.74, 6) is 0. The average Bonchev–Trinajstić information content (AvgIpc) is 2.84. The number of hydrogen-bond donors (Lipinski definition) is 5. The van der Waals surface area contributed by atoms with Crippen molar-refractivity contribution < 1.29 is 25.1 Å². The Labute approximate surface area is 187 Å². The van der Waals surface area contributed by atoms with Crippen LogP contribution in [0.4, 0.5) is 0 Å². The van der Waals surface area contributed by atoms with Gasteiger partial charge in [-0.05, 0) is 62.5 Å². The van der Waals surface area contributed by atoms with Gasteiger partial charge < -0.3 is 25.1 Å². The van der Waals surface area contributed by atoms with Crippen LogP contribution in [-0.2, 0) is 0 Å². The van der Waals surface area contributed by atoms with Crippen LogP contribution in [0.15, 0.2) is 91.0 Å². The molecule has 0 aliphatic heterocycles. The third kappa shape index (κ3) is 4.86. The van der Waals surface area contributed by atoms with Gasteiger partial charge in [0.2, 0.25) is 0 Å². The standard InChI is InChI=1S/C24H21B3O5/c28-25-22-7-1-16(2-8-22)19-13-20(17-3-9-23(10-4-17)26(29)30)15-21(14-19)18-5-11-24(12-6-18)27(31)32/h1-15,25,28-32H. The maximum Gasteiger partial charge on any atom is 0.488 e. The van der Waals surface area contributed by atoms with E-state index >= 15 is 0 Å². The lowest BCUT2D eigenvalue weighted by atomic mass is 9.79. The van der Waals surface area contributed by atoms with Gasteiger partial charge in [0.15, 0.2) is 0 Å². The zero-order valence-corrected chi connectivity index (χ0v) is 17.3. The van der Waals surface area contributed by atoms with Crippen molar-refractivity contribution in [2.45, 2.75) is 0 Å². The normalized spacial score (nSPS) is 10.7. The Morgan fingerprint density at radius 1 is 0.438 bits per heavy atom. The van der Waals surface area contributed by atoms with E-state index in [2.05, 4.69) is 12.1 Å². The van der Waals surface area contributed by atoms with Crippen molar-refractivity contribution in [2.24, 2.45) is 0 Å². The average molecular weight is 422 g/mol. The van der Waals surface area contributed by atoms with Gasteiger partial charge in [-0.1, -0.05) is 78.3 Å². The van der Waals surface area contributed by atoms with Crippen LogP contribution < -0.4 is 16.4 Å². The summed E-state index contributed by atoms with van der Waals surface area (Å²) in [6.45, 7) is 0. The predicted molar refractivity (Wildman–Crippen MR) is 131 cm³/mol. The molecule has 0 saturated heterocycles. The fourth-order valence-electron chi connectivity index (χ4n) is 3.63. The molecule has 4 rings (SSSR count). The molecule has 5 nitrogen and oxygen atoms in total. The van der Waals surface area contributed by atoms with E-state index in [1.54, 1.807) is 24.3 Å². The van der Waals surface area contributed by atoms with E-state index in [-0.39, 0.29) is 7.48 Å². The van der Waals surface area contributed by atoms with Crippen LogP contribution in [0.3, 0.4) is 0 Å². The Hall–Kier alpha value is -3.13. The van der Waals surface area contributed by atoms with Gasteiger partial charge in [0.05, 0.1) is 0 Å². The molecule has 0 unspecified atom stereocenters. The van der Waals surface area contributed by atoms with E-state index in [1.807, 2.05) is 54.6 Å². The second-order valence-corrected chi connectivity index (χ2v) is 7.65. The Balaban J connectivity index is 1.82. The van der Waals surface area contributed by atoms with E-state index < -0.39 is 14.2 Å². The van der Waals surface area contributed by atoms with Crippen LogP contribution in [-0.4, -0.2) is 46.8 Å². The van der Waals surface area contributed by atoms with Gasteiger partial charge in [-0.2, -0.15) is 0 Å². The van der Waals surface area contributed by atoms with Gasteiger partial charge in [0.25, 0.3) is 0 Å². The minimum absolute atomic E-state index is 0.0162. The molecule has 0 heterocycles. The van der Waals surface area contributed by atoms with Gasteiger partial charge in [-0.3, -0.25) is 0 Å². The molecule has 0 aromatic heterocycles. The summed E-state index contributed by atoms with van der Waals surface area (Å²) in [4.78, 5) is 0. The first-order chi connectivity index (χ1) is 15.4. The summed E-state index contributed by atoms with van der Waals surface area (Å²) in [6, 6.07) is 28.0. The summed E-state index contributed by atoms with van der Waals surface area (Å²) >= 11 is 0. The molecule has 0 spiro atoms. The number of hydrogen-bond acceptors (Lipinski definition) is 5. The highest BCUT2D eigenvalue weighted by Crippen LogP contribution is 2.32. The molecule has 32 heavy (non-hydrogen) atoms. The molecule has 0 fully saturated rings. The van der Waals surface area contributed by atoms with Gasteiger partial charge in [0.1, 0.15) is 0 Å². The highest BCUT2D eigenvalue weighted by Gasteiger charge is 2.13. The topological polar surface area (TPSA) is 101 Å². The molecule has 5 N–H and O–H groups in total. The predicted octanol–water partition coefficient (Wildman–Crippen LogP) is 0.0163. The molecular formula is C24H21B3O5. The lowest BCUT2D eigenvalue weighted by Crippen LogP contribution is -2.29. The first-order valence-corrected chi connectivity index (χ1v) is 10.2. The van der Waals surface area contributed by atoms with Gasteiger partial charge in [-0.15, -0.1) is 0 Å². The molecular weight excluding hydrogens is 401 g/mol. The van der Waals surface area contributed by atoms with Crippen LogP contribution in [0.1, 0.15) is 0 Å². The fraction of sp³-hybridized carbons (Fsp3) is 0. The fourth-order valence-corrected chi connectivity index (χ4v) is 3.63. The molecule has 0 aliphatic rings. The third-order valence-electron chi connectivity index (χ3n) is 5.49. The maximum atomic E-state index is 9.38. The zero-order valence-electron chi connectivity index (χ0n) is 17.3. The summed E-state index contributed by atoms with van der Waals surface area (Å²) in [5.41, 5.74) is 7.41. The molecule has 4 aromatic carbocycles. The highest BCUT2D eigenvalue weighted by molar-refractivity contribution is 6.59. The van der Waals surface area contributed by atoms with E-state index in [4.69, 9.17) is 0 Å². The maximum absolute atomic E-state index is 9.38. The van der Waals surface area contributed by atoms with Crippen LogP contribution in [0, 0.1) is 0 Å². The van der Waals surface area contributed by atoms with Crippen molar-refractivity contribution in [1.29, 1.82) is 0 Å². The van der Waals surface area contributed by atoms with E-state index in [0.29, 0.717) is 10.9 Å². The molecule has 0 radical (unpaired) electrons. The van der Waals surface area contributed by atoms with Gasteiger partial charge in [-0.25, -0.2) is 0 Å². The molecule has 0 bridgehead atoms. The van der Waals surface area contributed by atoms with Crippen molar-refractivity contribution in [3.05, 3.63) is 91.0 Å². The van der Waals surface area contributed by atoms with Crippen molar-refractivity contribution in [1.82, 2.24) is 0 Å².